The average molecular weight is 301 g/mol. The number of ketones is 1. The summed E-state index contributed by atoms with van der Waals surface area (Å²) < 4.78 is 19.2. The van der Waals surface area contributed by atoms with Crippen LogP contribution < -0.4 is 0 Å². The predicted molar refractivity (Wildman–Crippen MR) is 66.3 cm³/mol. The molecule has 0 aromatic heterocycles. The van der Waals surface area contributed by atoms with E-state index in [4.69, 9.17) is 4.74 Å². The molecule has 2 unspecified atom stereocenters. The zero-order valence-electron chi connectivity index (χ0n) is 9.58. The quantitative estimate of drug-likeness (QED) is 0.857. The molecule has 17 heavy (non-hydrogen) atoms. The Labute approximate surface area is 108 Å². The molecule has 4 heteroatoms. The first kappa shape index (κ1) is 12.7. The fourth-order valence-electron chi connectivity index (χ4n) is 2.10. The second kappa shape index (κ2) is 5.27. The molecule has 0 spiro atoms. The van der Waals surface area contributed by atoms with Crippen molar-refractivity contribution in [2.24, 2.45) is 5.92 Å². The minimum atomic E-state index is -0.321. The van der Waals surface area contributed by atoms with Crippen LogP contribution in [-0.2, 0) is 16.0 Å². The summed E-state index contributed by atoms with van der Waals surface area (Å²) in [6.45, 7) is 2.46. The van der Waals surface area contributed by atoms with Crippen molar-refractivity contribution in [2.45, 2.75) is 25.9 Å². The molecular weight excluding hydrogens is 287 g/mol. The van der Waals surface area contributed by atoms with Crippen molar-refractivity contribution in [3.63, 3.8) is 0 Å². The Morgan fingerprint density at radius 3 is 2.88 bits per heavy atom. The van der Waals surface area contributed by atoms with Crippen molar-refractivity contribution < 1.29 is 13.9 Å². The number of halogens is 2. The minimum Gasteiger partial charge on any atom is -0.378 e. The summed E-state index contributed by atoms with van der Waals surface area (Å²) >= 11 is 3.22. The lowest BCUT2D eigenvalue weighted by atomic mass is 9.96. The van der Waals surface area contributed by atoms with Crippen LogP contribution in [0.5, 0.6) is 0 Å². The number of benzene rings is 1. The highest BCUT2D eigenvalue weighted by Crippen LogP contribution is 2.22. The fraction of sp³-hybridized carbons (Fsp3) is 0.462. The number of Topliss-reactive ketones (excluding diaryl/α,β-unsaturated/α-hetero) is 1. The van der Waals surface area contributed by atoms with Gasteiger partial charge in [0.15, 0.2) is 0 Å². The second-order valence-electron chi connectivity index (χ2n) is 4.50. The van der Waals surface area contributed by atoms with Crippen molar-refractivity contribution in [3.05, 3.63) is 34.1 Å². The van der Waals surface area contributed by atoms with Crippen LogP contribution in [0.3, 0.4) is 0 Å². The van der Waals surface area contributed by atoms with Gasteiger partial charge in [0.2, 0.25) is 0 Å². The number of hydrogen-bond donors (Lipinski definition) is 0. The molecule has 0 aliphatic carbocycles. The Balaban J connectivity index is 2.03. The van der Waals surface area contributed by atoms with Gasteiger partial charge in [-0.3, -0.25) is 4.79 Å². The zero-order chi connectivity index (χ0) is 12.4. The van der Waals surface area contributed by atoms with Crippen molar-refractivity contribution >= 4 is 21.7 Å². The van der Waals surface area contributed by atoms with Crippen LogP contribution in [0, 0.1) is 11.7 Å². The van der Waals surface area contributed by atoms with Gasteiger partial charge in [-0.1, -0.05) is 15.9 Å². The van der Waals surface area contributed by atoms with Crippen molar-refractivity contribution in [2.75, 3.05) is 6.61 Å². The maximum atomic E-state index is 13.2. The lowest BCUT2D eigenvalue weighted by molar-refractivity contribution is -0.122. The molecule has 1 saturated heterocycles. The Hall–Kier alpha value is -0.740. The number of rotatable bonds is 3. The van der Waals surface area contributed by atoms with E-state index in [0.29, 0.717) is 16.6 Å². The van der Waals surface area contributed by atoms with Crippen LogP contribution in [0.25, 0.3) is 0 Å². The van der Waals surface area contributed by atoms with E-state index >= 15 is 0 Å². The highest BCUT2D eigenvalue weighted by atomic mass is 79.9. The molecule has 0 saturated carbocycles. The first-order valence-electron chi connectivity index (χ1n) is 5.64. The van der Waals surface area contributed by atoms with E-state index in [9.17, 15) is 9.18 Å². The van der Waals surface area contributed by atoms with Crippen LogP contribution in [0.15, 0.2) is 22.7 Å². The third kappa shape index (κ3) is 3.36. The van der Waals surface area contributed by atoms with Crippen molar-refractivity contribution in [1.29, 1.82) is 0 Å². The lowest BCUT2D eigenvalue weighted by Gasteiger charge is -2.07. The summed E-state index contributed by atoms with van der Waals surface area (Å²) in [5.41, 5.74) is 0.710. The van der Waals surface area contributed by atoms with Crippen LogP contribution in [-0.4, -0.2) is 18.5 Å². The highest BCUT2D eigenvalue weighted by Gasteiger charge is 2.27. The Morgan fingerprint density at radius 1 is 1.53 bits per heavy atom. The third-order valence-corrected chi connectivity index (χ3v) is 3.41. The molecule has 1 aromatic carbocycles. The molecule has 0 N–H and O–H groups in total. The lowest BCUT2D eigenvalue weighted by Crippen LogP contribution is -2.17. The molecule has 1 heterocycles. The molecule has 0 bridgehead atoms. The molecule has 0 radical (unpaired) electrons. The van der Waals surface area contributed by atoms with Gasteiger partial charge in [0, 0.05) is 16.8 Å². The molecule has 1 aliphatic rings. The van der Waals surface area contributed by atoms with Crippen molar-refractivity contribution in [1.82, 2.24) is 0 Å². The third-order valence-electron chi connectivity index (χ3n) is 2.95. The number of hydrogen-bond acceptors (Lipinski definition) is 2. The van der Waals surface area contributed by atoms with E-state index in [0.717, 1.165) is 6.42 Å². The summed E-state index contributed by atoms with van der Waals surface area (Å²) in [6, 6.07) is 4.57. The van der Waals surface area contributed by atoms with Crippen LogP contribution in [0.1, 0.15) is 18.9 Å². The minimum absolute atomic E-state index is 0.0351. The number of carbonyl (C=O) groups is 1. The zero-order valence-corrected chi connectivity index (χ0v) is 11.2. The number of ether oxygens (including phenoxy) is 1. The van der Waals surface area contributed by atoms with Crippen LogP contribution in [0.2, 0.25) is 0 Å². The first-order chi connectivity index (χ1) is 8.04. The monoisotopic (exact) mass is 300 g/mol. The van der Waals surface area contributed by atoms with Gasteiger partial charge >= 0.3 is 0 Å². The first-order valence-corrected chi connectivity index (χ1v) is 6.43. The van der Waals surface area contributed by atoms with Gasteiger partial charge in [-0.15, -0.1) is 0 Å². The normalized spacial score (nSPS) is 23.9. The van der Waals surface area contributed by atoms with Gasteiger partial charge in [0.05, 0.1) is 12.7 Å². The van der Waals surface area contributed by atoms with Gasteiger partial charge in [-0.25, -0.2) is 4.39 Å². The highest BCUT2D eigenvalue weighted by molar-refractivity contribution is 9.10. The SMILES string of the molecule is CC1CC(C(=O)Cc2cc(F)cc(Br)c2)CO1. The summed E-state index contributed by atoms with van der Waals surface area (Å²) in [6.07, 6.45) is 1.20. The van der Waals surface area contributed by atoms with Crippen LogP contribution in [0.4, 0.5) is 4.39 Å². The Kier molecular flexibility index (Phi) is 3.94. The summed E-state index contributed by atoms with van der Waals surface area (Å²) in [5.74, 6) is -0.225. The van der Waals surface area contributed by atoms with E-state index in [1.165, 1.54) is 12.1 Å². The van der Waals surface area contributed by atoms with Gasteiger partial charge in [0.25, 0.3) is 0 Å². The summed E-state index contributed by atoms with van der Waals surface area (Å²) in [4.78, 5) is 12.0. The second-order valence-corrected chi connectivity index (χ2v) is 5.41. The maximum absolute atomic E-state index is 13.2. The van der Waals surface area contributed by atoms with E-state index in [1.54, 1.807) is 6.07 Å². The van der Waals surface area contributed by atoms with E-state index in [1.807, 2.05) is 6.92 Å². The predicted octanol–water partition coefficient (Wildman–Crippen LogP) is 3.12. The average Bonchev–Trinajstić information content (AvgIpc) is 2.63. The smallest absolute Gasteiger partial charge is 0.142 e. The number of carbonyl (C=O) groups excluding carboxylic acids is 1. The van der Waals surface area contributed by atoms with E-state index in [2.05, 4.69) is 15.9 Å². The van der Waals surface area contributed by atoms with Crippen LogP contribution >= 0.6 is 15.9 Å². The van der Waals surface area contributed by atoms with Gasteiger partial charge < -0.3 is 4.74 Å². The Morgan fingerprint density at radius 2 is 2.29 bits per heavy atom. The molecule has 2 rings (SSSR count). The maximum Gasteiger partial charge on any atom is 0.142 e. The van der Waals surface area contributed by atoms with Gasteiger partial charge in [-0.05, 0) is 37.1 Å². The molecule has 92 valence electrons. The van der Waals surface area contributed by atoms with Gasteiger partial charge in [0.1, 0.15) is 11.6 Å². The fourth-order valence-corrected chi connectivity index (χ4v) is 2.61. The molecule has 2 atom stereocenters. The van der Waals surface area contributed by atoms with Crippen molar-refractivity contribution in [3.8, 4) is 0 Å². The standard InChI is InChI=1S/C13H14BrFO2/c1-8-2-10(7-17-8)13(16)5-9-3-11(14)6-12(15)4-9/h3-4,6,8,10H,2,5,7H2,1H3. The Bertz CT molecular complexity index is 413. The molecule has 2 nitrogen and oxygen atoms in total. The molecule has 1 aromatic rings. The largest absolute Gasteiger partial charge is 0.378 e. The van der Waals surface area contributed by atoms with E-state index in [-0.39, 0.29) is 30.0 Å². The van der Waals surface area contributed by atoms with E-state index < -0.39 is 0 Å². The van der Waals surface area contributed by atoms with Gasteiger partial charge in [-0.2, -0.15) is 0 Å². The molecule has 0 amide bonds. The summed E-state index contributed by atoms with van der Waals surface area (Å²) in [5, 5.41) is 0. The molecule has 1 aliphatic heterocycles. The summed E-state index contributed by atoms with van der Waals surface area (Å²) in [7, 11) is 0. The molecule has 1 fully saturated rings. The topological polar surface area (TPSA) is 26.3 Å². The molecular formula is C13H14BrFO2.